The molecule has 26 heavy (non-hydrogen) atoms. The molecule has 1 aromatic heterocycles. The van der Waals surface area contributed by atoms with Gasteiger partial charge in [-0.2, -0.15) is 0 Å². The lowest BCUT2D eigenvalue weighted by Gasteiger charge is -2.42. The number of ether oxygens (including phenoxy) is 2. The van der Waals surface area contributed by atoms with Crippen molar-refractivity contribution in [3.63, 3.8) is 0 Å². The first kappa shape index (κ1) is 18.7. The summed E-state index contributed by atoms with van der Waals surface area (Å²) in [7, 11) is -3.53. The Morgan fingerprint density at radius 3 is 2.92 bits per heavy atom. The van der Waals surface area contributed by atoms with Gasteiger partial charge < -0.3 is 24.4 Å². The topological polar surface area (TPSA) is 107 Å². The van der Waals surface area contributed by atoms with Crippen LogP contribution in [-0.4, -0.2) is 66.3 Å². The maximum absolute atomic E-state index is 13.5. The molecule has 0 saturated carbocycles. The monoisotopic (exact) mass is 383 g/mol. The Morgan fingerprint density at radius 1 is 1.50 bits per heavy atom. The van der Waals surface area contributed by atoms with Gasteiger partial charge in [-0.3, -0.25) is 19.1 Å². The Morgan fingerprint density at radius 2 is 2.23 bits per heavy atom. The second-order valence-corrected chi connectivity index (χ2v) is 9.59. The predicted octanol–water partition coefficient (Wildman–Crippen LogP) is -0.226. The fourth-order valence-electron chi connectivity index (χ4n) is 3.18. The van der Waals surface area contributed by atoms with E-state index in [2.05, 4.69) is 5.43 Å². The highest BCUT2D eigenvalue weighted by atomic mass is 31.2. The van der Waals surface area contributed by atoms with Gasteiger partial charge in [0, 0.05) is 18.8 Å². The molecular weight excluding hydrogens is 361 g/mol. The highest BCUT2D eigenvalue weighted by molar-refractivity contribution is 7.72. The average Bonchev–Trinajstić information content (AvgIpc) is 2.61. The van der Waals surface area contributed by atoms with Crippen molar-refractivity contribution in [2.45, 2.75) is 25.7 Å². The number of fused-ring (bicyclic) bond motifs is 2. The molecule has 3 heterocycles. The van der Waals surface area contributed by atoms with Crippen LogP contribution in [0.5, 0.6) is 0 Å². The highest BCUT2D eigenvalue weighted by Gasteiger charge is 2.43. The Labute approximate surface area is 150 Å². The molecule has 2 aliphatic rings. The van der Waals surface area contributed by atoms with Crippen molar-refractivity contribution in [1.29, 1.82) is 0 Å². The maximum Gasteiger partial charge on any atom is 0.316 e. The van der Waals surface area contributed by atoms with Gasteiger partial charge in [0.25, 0.3) is 5.91 Å². The Hall–Kier alpha value is -2.12. The standard InChI is InChI=1S/C16H22N3O6P/c1-4-25-16(22)10(2)26(3,23)14-11(20)5-6-19-13(14)15(21)18-7-8-24-9-12(18)17-19/h5-6,10,12,17H,4,7-9H2,1-3H3/t10-,12?,26?/m0/s1. The van der Waals surface area contributed by atoms with E-state index in [0.29, 0.717) is 19.8 Å². The van der Waals surface area contributed by atoms with Gasteiger partial charge in [0.05, 0.1) is 25.1 Å². The number of nitrogens with one attached hydrogen (secondary N) is 1. The van der Waals surface area contributed by atoms with Gasteiger partial charge >= 0.3 is 5.97 Å². The first-order chi connectivity index (χ1) is 12.3. The molecule has 142 valence electrons. The van der Waals surface area contributed by atoms with Crippen molar-refractivity contribution >= 4 is 24.3 Å². The molecule has 1 aromatic rings. The number of carbonyl (C=O) groups excluding carboxylic acids is 2. The molecule has 0 aliphatic carbocycles. The Kier molecular flexibility index (Phi) is 4.94. The van der Waals surface area contributed by atoms with Crippen LogP contribution >= 0.6 is 7.14 Å². The molecule has 3 atom stereocenters. The summed E-state index contributed by atoms with van der Waals surface area (Å²) in [6.45, 7) is 5.67. The number of nitrogens with zero attached hydrogens (tertiary/aromatic N) is 2. The first-order valence-electron chi connectivity index (χ1n) is 8.44. The summed E-state index contributed by atoms with van der Waals surface area (Å²) < 4.78 is 25.2. The third-order valence-electron chi connectivity index (χ3n) is 4.76. The van der Waals surface area contributed by atoms with E-state index in [-0.39, 0.29) is 23.8 Å². The molecule has 2 aliphatic heterocycles. The van der Waals surface area contributed by atoms with E-state index in [9.17, 15) is 18.9 Å². The van der Waals surface area contributed by atoms with E-state index in [0.717, 1.165) is 0 Å². The molecule has 2 unspecified atom stereocenters. The third kappa shape index (κ3) is 2.95. The summed E-state index contributed by atoms with van der Waals surface area (Å²) in [5.41, 5.74) is 1.54. The smallest absolute Gasteiger partial charge is 0.316 e. The van der Waals surface area contributed by atoms with Crippen LogP contribution in [0, 0.1) is 0 Å². The van der Waals surface area contributed by atoms with Gasteiger partial charge in [0.1, 0.15) is 24.7 Å². The lowest BCUT2D eigenvalue weighted by atomic mass is 10.2. The number of hydrogen-bond donors (Lipinski definition) is 1. The molecule has 1 amide bonds. The summed E-state index contributed by atoms with van der Waals surface area (Å²) in [6, 6.07) is 1.24. The van der Waals surface area contributed by atoms with E-state index < -0.39 is 30.1 Å². The molecular formula is C16H22N3O6P. The van der Waals surface area contributed by atoms with Crippen LogP contribution in [0.1, 0.15) is 24.3 Å². The number of pyridine rings is 1. The largest absolute Gasteiger partial charge is 0.465 e. The highest BCUT2D eigenvalue weighted by Crippen LogP contribution is 2.46. The normalized spacial score (nSPS) is 22.5. The van der Waals surface area contributed by atoms with E-state index in [1.807, 2.05) is 0 Å². The quantitative estimate of drug-likeness (QED) is 0.566. The SMILES string of the molecule is CCOC(=O)[C@H](C)P(C)(=O)c1c2n(ccc1=O)NC1COCCN1C2=O. The fraction of sp³-hybridized carbons (Fsp3) is 0.562. The van der Waals surface area contributed by atoms with Crippen LogP contribution in [0.3, 0.4) is 0 Å². The van der Waals surface area contributed by atoms with Crippen molar-refractivity contribution in [2.75, 3.05) is 38.5 Å². The van der Waals surface area contributed by atoms with E-state index in [1.165, 1.54) is 30.5 Å². The van der Waals surface area contributed by atoms with Gasteiger partial charge in [-0.1, -0.05) is 0 Å². The molecule has 3 rings (SSSR count). The van der Waals surface area contributed by atoms with E-state index in [1.54, 1.807) is 11.8 Å². The second-order valence-electron chi connectivity index (χ2n) is 6.38. The number of amides is 1. The summed E-state index contributed by atoms with van der Waals surface area (Å²) >= 11 is 0. The minimum absolute atomic E-state index is 0.0117. The molecule has 0 aromatic carbocycles. The molecule has 1 fully saturated rings. The zero-order valence-electron chi connectivity index (χ0n) is 14.9. The molecule has 9 nitrogen and oxygen atoms in total. The third-order valence-corrected chi connectivity index (χ3v) is 7.77. The first-order valence-corrected chi connectivity index (χ1v) is 10.7. The lowest BCUT2D eigenvalue weighted by Crippen LogP contribution is -2.61. The van der Waals surface area contributed by atoms with Gasteiger partial charge in [-0.15, -0.1) is 0 Å². The Balaban J connectivity index is 2.12. The van der Waals surface area contributed by atoms with Crippen molar-refractivity contribution in [3.8, 4) is 0 Å². The predicted molar refractivity (Wildman–Crippen MR) is 95.0 cm³/mol. The van der Waals surface area contributed by atoms with Crippen LogP contribution < -0.4 is 16.2 Å². The van der Waals surface area contributed by atoms with Crippen molar-refractivity contribution in [1.82, 2.24) is 9.58 Å². The molecule has 10 heteroatoms. The van der Waals surface area contributed by atoms with Gasteiger partial charge in [0.15, 0.2) is 5.43 Å². The molecule has 0 spiro atoms. The summed E-state index contributed by atoms with van der Waals surface area (Å²) in [4.78, 5) is 39.3. The summed E-state index contributed by atoms with van der Waals surface area (Å²) in [6.07, 6.45) is 1.07. The number of carbonyl (C=O) groups is 2. The maximum atomic E-state index is 13.5. The van der Waals surface area contributed by atoms with E-state index >= 15 is 0 Å². The number of hydrogen-bond acceptors (Lipinski definition) is 7. The van der Waals surface area contributed by atoms with Crippen LogP contribution in [-0.2, 0) is 18.8 Å². The summed E-state index contributed by atoms with van der Waals surface area (Å²) in [5, 5.41) is -0.122. The molecule has 0 radical (unpaired) electrons. The fourth-order valence-corrected chi connectivity index (χ4v) is 5.18. The molecule has 1 saturated heterocycles. The van der Waals surface area contributed by atoms with Crippen LogP contribution in [0.2, 0.25) is 0 Å². The Bertz CT molecular complexity index is 851. The zero-order valence-corrected chi connectivity index (χ0v) is 15.8. The number of aromatic nitrogens is 1. The second kappa shape index (κ2) is 6.89. The van der Waals surface area contributed by atoms with Crippen LogP contribution in [0.25, 0.3) is 0 Å². The van der Waals surface area contributed by atoms with Crippen LogP contribution in [0.4, 0.5) is 0 Å². The number of rotatable bonds is 4. The number of morpholine rings is 1. The molecule has 0 bridgehead atoms. The van der Waals surface area contributed by atoms with Crippen LogP contribution in [0.15, 0.2) is 17.1 Å². The number of esters is 1. The average molecular weight is 383 g/mol. The minimum Gasteiger partial charge on any atom is -0.465 e. The minimum atomic E-state index is -3.53. The van der Waals surface area contributed by atoms with E-state index in [4.69, 9.17) is 9.47 Å². The van der Waals surface area contributed by atoms with Gasteiger partial charge in [0.2, 0.25) is 0 Å². The lowest BCUT2D eigenvalue weighted by molar-refractivity contribution is -0.142. The van der Waals surface area contributed by atoms with Crippen molar-refractivity contribution < 1.29 is 23.6 Å². The van der Waals surface area contributed by atoms with Gasteiger partial charge in [-0.25, -0.2) is 0 Å². The van der Waals surface area contributed by atoms with Crippen molar-refractivity contribution in [2.24, 2.45) is 0 Å². The van der Waals surface area contributed by atoms with Crippen molar-refractivity contribution in [3.05, 3.63) is 28.2 Å². The summed E-state index contributed by atoms with van der Waals surface area (Å²) in [5.74, 6) is -1.05. The molecule has 1 N–H and O–H groups in total. The van der Waals surface area contributed by atoms with Gasteiger partial charge in [-0.05, 0) is 20.5 Å². The zero-order chi connectivity index (χ0) is 19.1.